The van der Waals surface area contributed by atoms with Gasteiger partial charge in [0.1, 0.15) is 0 Å². The van der Waals surface area contributed by atoms with Crippen LogP contribution in [0.1, 0.15) is 0 Å². The molecule has 0 aromatic heterocycles. The van der Waals surface area contributed by atoms with E-state index >= 15 is 0 Å². The Morgan fingerprint density at radius 1 is 0.647 bits per heavy atom. The molecule has 2 N–H and O–H groups in total. The summed E-state index contributed by atoms with van der Waals surface area (Å²) in [5, 5.41) is 4.87. The van der Waals surface area contributed by atoms with Gasteiger partial charge in [0, 0.05) is 37.6 Å². The number of benzene rings is 2. The highest BCUT2D eigenvalue weighted by Gasteiger charge is 2.33. The highest BCUT2D eigenvalue weighted by molar-refractivity contribution is 7.89. The topological polar surface area (TPSA) is 151 Å². The Morgan fingerprint density at radius 3 is 1.21 bits per heavy atom. The number of piperazine rings is 1. The Hall–Kier alpha value is -3.20. The van der Waals surface area contributed by atoms with Crippen molar-refractivity contribution in [3.05, 3.63) is 48.5 Å². The van der Waals surface area contributed by atoms with Crippen molar-refractivity contribution >= 4 is 43.6 Å². The van der Waals surface area contributed by atoms with Crippen molar-refractivity contribution in [2.24, 2.45) is 0 Å². The zero-order chi connectivity index (χ0) is 24.9. The van der Waals surface area contributed by atoms with Crippen LogP contribution in [0, 0.1) is 0 Å². The number of hydrogen-bond donors (Lipinski definition) is 2. The van der Waals surface area contributed by atoms with Gasteiger partial charge in [-0.05, 0) is 48.5 Å². The van der Waals surface area contributed by atoms with Crippen LogP contribution in [0.15, 0.2) is 58.3 Å². The molecule has 1 aliphatic rings. The van der Waals surface area contributed by atoms with E-state index < -0.39 is 32.2 Å². The largest absolute Gasteiger partial charge is 0.453 e. The smallest absolute Gasteiger partial charge is 0.411 e. The standard InChI is InChI=1S/C20H24N4O8S2/c1-31-19(25)21-15-3-7-17(8-4-15)33(27,28)23-11-13-24(14-12-23)34(29,30)18-9-5-16(6-10-18)22-20(26)32-2/h3-10H,11-14H2,1-2H3,(H,21,25)(H,22,26). The predicted octanol–water partition coefficient (Wildman–Crippen LogP) is 1.74. The van der Waals surface area contributed by atoms with Gasteiger partial charge in [-0.3, -0.25) is 10.6 Å². The highest BCUT2D eigenvalue weighted by Crippen LogP contribution is 2.24. The van der Waals surface area contributed by atoms with Crippen LogP contribution >= 0.6 is 0 Å². The van der Waals surface area contributed by atoms with Crippen molar-refractivity contribution in [3.63, 3.8) is 0 Å². The molecule has 1 heterocycles. The van der Waals surface area contributed by atoms with Crippen LogP contribution in [0.2, 0.25) is 0 Å². The van der Waals surface area contributed by atoms with Crippen LogP contribution in [0.25, 0.3) is 0 Å². The summed E-state index contributed by atoms with van der Waals surface area (Å²) in [5.74, 6) is 0. The zero-order valence-corrected chi connectivity index (χ0v) is 20.1. The van der Waals surface area contributed by atoms with Crippen LogP contribution in [-0.4, -0.2) is 78.0 Å². The fourth-order valence-corrected chi connectivity index (χ4v) is 6.05. The summed E-state index contributed by atoms with van der Waals surface area (Å²) in [6.07, 6.45) is -1.36. The van der Waals surface area contributed by atoms with E-state index in [0.717, 1.165) is 0 Å². The van der Waals surface area contributed by atoms with Gasteiger partial charge in [-0.15, -0.1) is 0 Å². The minimum Gasteiger partial charge on any atom is -0.453 e. The Balaban J connectivity index is 1.65. The van der Waals surface area contributed by atoms with Crippen LogP contribution < -0.4 is 10.6 Å². The molecule has 2 aromatic carbocycles. The highest BCUT2D eigenvalue weighted by atomic mass is 32.2. The van der Waals surface area contributed by atoms with Crippen LogP contribution in [0.5, 0.6) is 0 Å². The average Bonchev–Trinajstić information content (AvgIpc) is 2.84. The first-order valence-electron chi connectivity index (χ1n) is 9.98. The number of methoxy groups -OCH3 is 2. The number of sulfonamides is 2. The molecule has 184 valence electrons. The summed E-state index contributed by atoms with van der Waals surface area (Å²) in [7, 11) is -5.27. The summed E-state index contributed by atoms with van der Waals surface area (Å²) in [6.45, 7) is -0.0885. The lowest BCUT2D eigenvalue weighted by molar-refractivity contribution is 0.186. The molecule has 0 bridgehead atoms. The van der Waals surface area contributed by atoms with Gasteiger partial charge in [0.05, 0.1) is 24.0 Å². The summed E-state index contributed by atoms with van der Waals surface area (Å²) in [5.41, 5.74) is 0.740. The van der Waals surface area contributed by atoms with Gasteiger partial charge >= 0.3 is 12.2 Å². The van der Waals surface area contributed by atoms with Crippen molar-refractivity contribution in [3.8, 4) is 0 Å². The van der Waals surface area contributed by atoms with Gasteiger partial charge in [0.15, 0.2) is 0 Å². The number of nitrogens with zero attached hydrogens (tertiary/aromatic N) is 2. The number of carbonyl (C=O) groups excluding carboxylic acids is 2. The lowest BCUT2D eigenvalue weighted by atomic mass is 10.3. The van der Waals surface area contributed by atoms with Gasteiger partial charge < -0.3 is 9.47 Å². The number of nitrogens with one attached hydrogen (secondary N) is 2. The molecular formula is C20H24N4O8S2. The van der Waals surface area contributed by atoms with Crippen LogP contribution in [0.4, 0.5) is 21.0 Å². The van der Waals surface area contributed by atoms with E-state index in [0.29, 0.717) is 11.4 Å². The SMILES string of the molecule is COC(=O)Nc1ccc(S(=O)(=O)N2CCN(S(=O)(=O)c3ccc(NC(=O)OC)cc3)CC2)cc1. The summed E-state index contributed by atoms with van der Waals surface area (Å²) in [6, 6.07) is 11.2. The number of rotatable bonds is 6. The molecule has 12 nitrogen and oxygen atoms in total. The zero-order valence-electron chi connectivity index (χ0n) is 18.4. The van der Waals surface area contributed by atoms with Crippen molar-refractivity contribution in [1.29, 1.82) is 0 Å². The molecule has 3 rings (SSSR count). The molecule has 1 saturated heterocycles. The number of ether oxygens (including phenoxy) is 2. The molecule has 34 heavy (non-hydrogen) atoms. The summed E-state index contributed by atoms with van der Waals surface area (Å²) in [4.78, 5) is 22.6. The lowest BCUT2D eigenvalue weighted by Gasteiger charge is -2.33. The van der Waals surface area contributed by atoms with E-state index in [-0.39, 0.29) is 36.0 Å². The molecule has 2 amide bonds. The van der Waals surface area contributed by atoms with Crippen LogP contribution in [0.3, 0.4) is 0 Å². The molecule has 14 heteroatoms. The first-order chi connectivity index (χ1) is 16.1. The molecule has 1 fully saturated rings. The second-order valence-electron chi connectivity index (χ2n) is 7.09. The van der Waals surface area contributed by atoms with Gasteiger partial charge in [0.25, 0.3) is 0 Å². The molecule has 0 aliphatic carbocycles. The molecule has 1 aliphatic heterocycles. The quantitative estimate of drug-likeness (QED) is 0.594. The first kappa shape index (κ1) is 25.4. The van der Waals surface area contributed by atoms with Crippen molar-refractivity contribution in [2.45, 2.75) is 9.79 Å². The van der Waals surface area contributed by atoms with E-state index in [4.69, 9.17) is 0 Å². The number of carbonyl (C=O) groups is 2. The predicted molar refractivity (Wildman–Crippen MR) is 122 cm³/mol. The van der Waals surface area contributed by atoms with Crippen molar-refractivity contribution in [2.75, 3.05) is 51.0 Å². The minimum atomic E-state index is -3.85. The van der Waals surface area contributed by atoms with E-state index in [1.807, 2.05) is 0 Å². The third kappa shape index (κ3) is 5.64. The van der Waals surface area contributed by atoms with Gasteiger partial charge in [-0.1, -0.05) is 0 Å². The maximum Gasteiger partial charge on any atom is 0.411 e. The fourth-order valence-electron chi connectivity index (χ4n) is 3.21. The number of amides is 2. The minimum absolute atomic E-state index is 0.0212. The summed E-state index contributed by atoms with van der Waals surface area (Å²) < 4.78 is 63.2. The molecule has 0 spiro atoms. The van der Waals surface area contributed by atoms with Crippen molar-refractivity contribution < 1.29 is 35.9 Å². The maximum absolute atomic E-state index is 13.0. The first-order valence-corrected chi connectivity index (χ1v) is 12.9. The normalized spacial score (nSPS) is 15.4. The van der Waals surface area contributed by atoms with E-state index in [1.54, 1.807) is 0 Å². The van der Waals surface area contributed by atoms with Gasteiger partial charge in [0.2, 0.25) is 20.0 Å². The average molecular weight is 513 g/mol. The van der Waals surface area contributed by atoms with E-state index in [9.17, 15) is 26.4 Å². The monoisotopic (exact) mass is 512 g/mol. The third-order valence-corrected chi connectivity index (χ3v) is 8.87. The van der Waals surface area contributed by atoms with E-state index in [2.05, 4.69) is 20.1 Å². The lowest BCUT2D eigenvalue weighted by Crippen LogP contribution is -2.50. The van der Waals surface area contributed by atoms with Gasteiger partial charge in [-0.2, -0.15) is 8.61 Å². The molecular weight excluding hydrogens is 488 g/mol. The third-order valence-electron chi connectivity index (χ3n) is 5.05. The summed E-state index contributed by atoms with van der Waals surface area (Å²) >= 11 is 0. The fraction of sp³-hybridized carbons (Fsp3) is 0.300. The molecule has 0 unspecified atom stereocenters. The Bertz CT molecular complexity index is 1140. The molecule has 0 radical (unpaired) electrons. The van der Waals surface area contributed by atoms with Crippen LogP contribution in [-0.2, 0) is 29.5 Å². The van der Waals surface area contributed by atoms with E-state index in [1.165, 1.54) is 71.4 Å². The maximum atomic E-state index is 13.0. The molecule has 2 aromatic rings. The number of anilines is 2. The Morgan fingerprint density at radius 2 is 0.941 bits per heavy atom. The second-order valence-corrected chi connectivity index (χ2v) is 11.0. The van der Waals surface area contributed by atoms with Crippen molar-refractivity contribution in [1.82, 2.24) is 8.61 Å². The number of hydrogen-bond acceptors (Lipinski definition) is 8. The molecule has 0 saturated carbocycles. The Labute approximate surface area is 197 Å². The van der Waals surface area contributed by atoms with Gasteiger partial charge in [-0.25, -0.2) is 26.4 Å². The Kier molecular flexibility index (Phi) is 7.76. The molecule has 0 atom stereocenters. The second kappa shape index (κ2) is 10.4.